The molecule has 1 saturated heterocycles. The summed E-state index contributed by atoms with van der Waals surface area (Å²) < 4.78 is 29.9. The number of rotatable bonds is 4. The molecule has 3 heterocycles. The summed E-state index contributed by atoms with van der Waals surface area (Å²) in [6, 6.07) is 13.2. The Kier molecular flexibility index (Phi) is 7.48. The standard InChI is InChI=1S/C32H39F2N7O2/c1-19-6-9-25(10-7-19)41-29(36-28(37-41)31(43)39-17-20(2)35-21(3)18-39)23-8-11-26-27(16-23)40(22(4)30(42)38(26)5)24-12-14-32(33,34)15-13-24/h6-11,16,20-22,24,35H,12-15,17-18H2,1-5H3/t20-,21+,22-/m1/s1. The Bertz CT molecular complexity index is 1520. The normalized spacial score (nSPS) is 24.3. The number of nitrogens with zero attached hydrogens (tertiary/aromatic N) is 6. The van der Waals surface area contributed by atoms with Crippen molar-refractivity contribution in [1.82, 2.24) is 25.0 Å². The van der Waals surface area contributed by atoms with E-state index in [1.54, 1.807) is 21.5 Å². The van der Waals surface area contributed by atoms with Crippen LogP contribution in [0.15, 0.2) is 42.5 Å². The molecule has 3 aliphatic rings. The number of hydrogen-bond acceptors (Lipinski definition) is 6. The molecule has 1 aromatic heterocycles. The molecule has 9 nitrogen and oxygen atoms in total. The SMILES string of the molecule is Cc1ccc(-n2nc(C(=O)N3C[C@@H](C)N[C@@H](C)C3)nc2-c2ccc3c(c2)N(C2CCC(F)(F)CC2)[C@H](C)C(=O)N3C)cc1. The number of amides is 2. The zero-order chi connectivity index (χ0) is 30.6. The third kappa shape index (κ3) is 5.50. The Hall–Kier alpha value is -3.86. The lowest BCUT2D eigenvalue weighted by Gasteiger charge is -2.46. The Labute approximate surface area is 250 Å². The van der Waals surface area contributed by atoms with Gasteiger partial charge in [-0.2, -0.15) is 0 Å². The van der Waals surface area contributed by atoms with Crippen LogP contribution in [0.3, 0.4) is 0 Å². The van der Waals surface area contributed by atoms with Crippen molar-refractivity contribution in [3.63, 3.8) is 0 Å². The lowest BCUT2D eigenvalue weighted by Crippen LogP contribution is -2.56. The van der Waals surface area contributed by atoms with Crippen LogP contribution in [0.1, 0.15) is 62.6 Å². The molecule has 1 N–H and O–H groups in total. The molecule has 43 heavy (non-hydrogen) atoms. The van der Waals surface area contributed by atoms with E-state index in [2.05, 4.69) is 19.2 Å². The average molecular weight is 592 g/mol. The first-order valence-corrected chi connectivity index (χ1v) is 15.1. The molecule has 0 unspecified atom stereocenters. The molecule has 1 saturated carbocycles. The van der Waals surface area contributed by atoms with Crippen molar-refractivity contribution in [2.75, 3.05) is 29.9 Å². The van der Waals surface area contributed by atoms with Gasteiger partial charge in [0.05, 0.1) is 17.1 Å². The number of piperazine rings is 1. The van der Waals surface area contributed by atoms with Crippen LogP contribution >= 0.6 is 0 Å². The molecule has 2 aliphatic heterocycles. The molecule has 3 atom stereocenters. The summed E-state index contributed by atoms with van der Waals surface area (Å²) in [5.74, 6) is -2.37. The van der Waals surface area contributed by atoms with Gasteiger partial charge in [-0.05, 0) is 70.9 Å². The predicted molar refractivity (Wildman–Crippen MR) is 162 cm³/mol. The molecule has 6 rings (SSSR count). The fourth-order valence-corrected chi connectivity index (χ4v) is 6.79. The van der Waals surface area contributed by atoms with Gasteiger partial charge in [-0.1, -0.05) is 17.7 Å². The van der Waals surface area contributed by atoms with E-state index in [4.69, 9.17) is 10.1 Å². The van der Waals surface area contributed by atoms with Gasteiger partial charge >= 0.3 is 0 Å². The number of benzene rings is 2. The monoisotopic (exact) mass is 591 g/mol. The minimum Gasteiger partial charge on any atom is -0.355 e. The maximum absolute atomic E-state index is 14.1. The van der Waals surface area contributed by atoms with E-state index in [1.165, 1.54) is 0 Å². The van der Waals surface area contributed by atoms with E-state index in [1.807, 2.05) is 61.2 Å². The lowest BCUT2D eigenvalue weighted by molar-refractivity contribution is -0.119. The first kappa shape index (κ1) is 29.2. The molecule has 1 aliphatic carbocycles. The summed E-state index contributed by atoms with van der Waals surface area (Å²) in [5.41, 5.74) is 4.08. The van der Waals surface area contributed by atoms with Crippen molar-refractivity contribution < 1.29 is 18.4 Å². The van der Waals surface area contributed by atoms with Crippen molar-refractivity contribution in [2.45, 2.75) is 83.5 Å². The highest BCUT2D eigenvalue weighted by atomic mass is 19.3. The topological polar surface area (TPSA) is 86.6 Å². The van der Waals surface area contributed by atoms with Crippen molar-refractivity contribution in [2.24, 2.45) is 0 Å². The van der Waals surface area contributed by atoms with E-state index in [9.17, 15) is 18.4 Å². The van der Waals surface area contributed by atoms with E-state index >= 15 is 0 Å². The number of anilines is 2. The quantitative estimate of drug-likeness (QED) is 0.469. The first-order chi connectivity index (χ1) is 20.4. The van der Waals surface area contributed by atoms with E-state index in [0.29, 0.717) is 43.0 Å². The van der Waals surface area contributed by atoms with Crippen LogP contribution in [0.25, 0.3) is 17.1 Å². The fourth-order valence-electron chi connectivity index (χ4n) is 6.79. The Morgan fingerprint density at radius 2 is 1.63 bits per heavy atom. The zero-order valence-electron chi connectivity index (χ0n) is 25.3. The molecule has 2 amide bonds. The number of aryl methyl sites for hydroxylation is 1. The molecule has 0 radical (unpaired) electrons. The van der Waals surface area contributed by atoms with Gasteiger partial charge in [0.1, 0.15) is 6.04 Å². The van der Waals surface area contributed by atoms with Crippen LogP contribution < -0.4 is 15.1 Å². The highest BCUT2D eigenvalue weighted by Gasteiger charge is 2.43. The van der Waals surface area contributed by atoms with Crippen LogP contribution in [-0.2, 0) is 4.79 Å². The largest absolute Gasteiger partial charge is 0.355 e. The van der Waals surface area contributed by atoms with Crippen molar-refractivity contribution >= 4 is 23.2 Å². The van der Waals surface area contributed by atoms with Gasteiger partial charge in [-0.15, -0.1) is 5.10 Å². The number of hydrogen-bond donors (Lipinski definition) is 1. The summed E-state index contributed by atoms with van der Waals surface area (Å²) >= 11 is 0. The van der Waals surface area contributed by atoms with Crippen LogP contribution in [-0.4, -0.2) is 81.7 Å². The van der Waals surface area contributed by atoms with Gasteiger partial charge in [0.2, 0.25) is 17.7 Å². The highest BCUT2D eigenvalue weighted by molar-refractivity contribution is 6.05. The molecule has 3 aromatic rings. The number of alkyl halides is 2. The summed E-state index contributed by atoms with van der Waals surface area (Å²) in [6.45, 7) is 9.06. The van der Waals surface area contributed by atoms with Crippen LogP contribution in [0, 0.1) is 6.92 Å². The molecule has 2 aromatic carbocycles. The second kappa shape index (κ2) is 11.0. The number of fused-ring (bicyclic) bond motifs is 1. The summed E-state index contributed by atoms with van der Waals surface area (Å²) in [7, 11) is 1.74. The number of carbonyl (C=O) groups excluding carboxylic acids is 2. The second-order valence-electron chi connectivity index (χ2n) is 12.5. The van der Waals surface area contributed by atoms with E-state index in [-0.39, 0.29) is 48.6 Å². The van der Waals surface area contributed by atoms with Gasteiger partial charge in [-0.3, -0.25) is 9.59 Å². The lowest BCUT2D eigenvalue weighted by atomic mass is 9.89. The van der Waals surface area contributed by atoms with Gasteiger partial charge in [-0.25, -0.2) is 18.4 Å². The third-order valence-electron chi connectivity index (χ3n) is 8.98. The molecule has 228 valence electrons. The number of likely N-dealkylation sites (N-methyl/N-ethyl adjacent to an activating group) is 1. The van der Waals surface area contributed by atoms with Crippen molar-refractivity contribution in [1.29, 1.82) is 0 Å². The van der Waals surface area contributed by atoms with Crippen LogP contribution in [0.5, 0.6) is 0 Å². The molecular formula is C32H39F2N7O2. The van der Waals surface area contributed by atoms with Crippen LogP contribution in [0.2, 0.25) is 0 Å². The smallest absolute Gasteiger partial charge is 0.293 e. The van der Waals surface area contributed by atoms with Crippen molar-refractivity contribution in [3.8, 4) is 17.1 Å². The molecule has 11 heteroatoms. The minimum absolute atomic E-state index is 0.0761. The van der Waals surface area contributed by atoms with Gasteiger partial charge < -0.3 is 20.0 Å². The van der Waals surface area contributed by atoms with E-state index < -0.39 is 12.0 Å². The van der Waals surface area contributed by atoms with E-state index in [0.717, 1.165) is 16.9 Å². The Balaban J connectivity index is 1.44. The molecular weight excluding hydrogens is 552 g/mol. The average Bonchev–Trinajstić information content (AvgIpc) is 3.41. The fraction of sp³-hybridized carbons (Fsp3) is 0.500. The number of carbonyl (C=O) groups is 2. The number of nitrogens with one attached hydrogen (secondary N) is 1. The Morgan fingerprint density at radius 3 is 2.28 bits per heavy atom. The zero-order valence-corrected chi connectivity index (χ0v) is 25.3. The maximum atomic E-state index is 14.1. The first-order valence-electron chi connectivity index (χ1n) is 15.1. The molecule has 0 spiro atoms. The Morgan fingerprint density at radius 1 is 0.977 bits per heavy atom. The number of aromatic nitrogens is 3. The third-order valence-corrected chi connectivity index (χ3v) is 8.98. The molecule has 0 bridgehead atoms. The maximum Gasteiger partial charge on any atom is 0.293 e. The minimum atomic E-state index is -2.67. The van der Waals surface area contributed by atoms with Crippen LogP contribution in [0.4, 0.5) is 20.2 Å². The van der Waals surface area contributed by atoms with Gasteiger partial charge in [0, 0.05) is 56.7 Å². The summed E-state index contributed by atoms with van der Waals surface area (Å²) in [6.07, 6.45) is 0.211. The van der Waals surface area contributed by atoms with Gasteiger partial charge in [0.25, 0.3) is 5.91 Å². The predicted octanol–water partition coefficient (Wildman–Crippen LogP) is 4.81. The van der Waals surface area contributed by atoms with Crippen molar-refractivity contribution in [3.05, 3.63) is 53.9 Å². The summed E-state index contributed by atoms with van der Waals surface area (Å²) in [5, 5.41) is 8.17. The van der Waals surface area contributed by atoms with Gasteiger partial charge in [0.15, 0.2) is 5.82 Å². The second-order valence-corrected chi connectivity index (χ2v) is 12.5. The summed E-state index contributed by atoms with van der Waals surface area (Å²) in [4.78, 5) is 37.2. The number of halogens is 2. The highest BCUT2D eigenvalue weighted by Crippen LogP contribution is 2.44. The molecule has 2 fully saturated rings.